The molecule has 0 atom stereocenters. The summed E-state index contributed by atoms with van der Waals surface area (Å²) in [4.78, 5) is 0. The molecule has 15 heavy (non-hydrogen) atoms. The Morgan fingerprint density at radius 3 is 2.40 bits per heavy atom. The predicted molar refractivity (Wildman–Crippen MR) is 55.2 cm³/mol. The Balaban J connectivity index is 2.35. The molecule has 0 aromatic heterocycles. The van der Waals surface area contributed by atoms with Crippen LogP contribution in [0.4, 0.5) is 8.78 Å². The molecule has 1 aromatic rings. The molecule has 0 saturated heterocycles. The third-order valence-electron chi connectivity index (χ3n) is 1.86. The van der Waals surface area contributed by atoms with Gasteiger partial charge in [-0.2, -0.15) is 0 Å². The largest absolute Gasteiger partial charge is 0.390 e. The average Bonchev–Trinajstić information content (AvgIpc) is 2.21. The zero-order chi connectivity index (χ0) is 11.3. The molecule has 1 aromatic carbocycles. The highest BCUT2D eigenvalue weighted by molar-refractivity contribution is 6.30. The van der Waals surface area contributed by atoms with E-state index in [9.17, 15) is 8.78 Å². The Morgan fingerprint density at radius 1 is 1.27 bits per heavy atom. The quantitative estimate of drug-likeness (QED) is 0.819. The number of rotatable bonds is 5. The number of alkyl halides is 2. The predicted octanol–water partition coefficient (Wildman–Crippen LogP) is 2.06. The van der Waals surface area contributed by atoms with Gasteiger partial charge in [0.2, 0.25) is 0 Å². The second-order valence-electron chi connectivity index (χ2n) is 3.24. The molecule has 0 amide bonds. The SMILES string of the molecule is OCC(F)(F)CNCc1ccc(Cl)cc1. The zero-order valence-electron chi connectivity index (χ0n) is 8.01. The monoisotopic (exact) mass is 235 g/mol. The minimum atomic E-state index is -3.06. The van der Waals surface area contributed by atoms with Crippen LogP contribution in [0.3, 0.4) is 0 Å². The molecule has 0 aliphatic carbocycles. The van der Waals surface area contributed by atoms with Crippen LogP contribution in [-0.2, 0) is 6.54 Å². The molecule has 0 saturated carbocycles. The Hall–Kier alpha value is -0.710. The van der Waals surface area contributed by atoms with Gasteiger partial charge in [0.05, 0.1) is 6.54 Å². The molecule has 0 aliphatic rings. The molecule has 0 bridgehead atoms. The molecule has 0 heterocycles. The van der Waals surface area contributed by atoms with E-state index in [1.165, 1.54) is 0 Å². The molecule has 0 spiro atoms. The van der Waals surface area contributed by atoms with E-state index in [0.29, 0.717) is 11.6 Å². The molecular formula is C10H12ClF2NO. The van der Waals surface area contributed by atoms with E-state index in [4.69, 9.17) is 16.7 Å². The molecule has 0 fully saturated rings. The smallest absolute Gasteiger partial charge is 0.282 e. The Kier molecular flexibility index (Phi) is 4.45. The number of halogens is 3. The first-order chi connectivity index (χ1) is 7.03. The lowest BCUT2D eigenvalue weighted by Gasteiger charge is -2.13. The molecule has 5 heteroatoms. The van der Waals surface area contributed by atoms with Crippen molar-refractivity contribution in [3.05, 3.63) is 34.9 Å². The van der Waals surface area contributed by atoms with Crippen molar-refractivity contribution in [3.63, 3.8) is 0 Å². The zero-order valence-corrected chi connectivity index (χ0v) is 8.77. The van der Waals surface area contributed by atoms with Crippen molar-refractivity contribution in [1.82, 2.24) is 5.32 Å². The van der Waals surface area contributed by atoms with Crippen molar-refractivity contribution in [3.8, 4) is 0 Å². The summed E-state index contributed by atoms with van der Waals surface area (Å²) in [5.41, 5.74) is 0.869. The van der Waals surface area contributed by atoms with Crippen LogP contribution in [0.2, 0.25) is 5.02 Å². The molecule has 2 N–H and O–H groups in total. The summed E-state index contributed by atoms with van der Waals surface area (Å²) < 4.78 is 25.2. The van der Waals surface area contributed by atoms with Gasteiger partial charge in [0, 0.05) is 11.6 Å². The summed E-state index contributed by atoms with van der Waals surface area (Å²) in [6, 6.07) is 6.91. The number of nitrogens with one attached hydrogen (secondary N) is 1. The van der Waals surface area contributed by atoms with Crippen molar-refractivity contribution in [1.29, 1.82) is 0 Å². The summed E-state index contributed by atoms with van der Waals surface area (Å²) in [5, 5.41) is 11.5. The highest BCUT2D eigenvalue weighted by Crippen LogP contribution is 2.11. The van der Waals surface area contributed by atoms with Gasteiger partial charge in [0.25, 0.3) is 5.92 Å². The van der Waals surface area contributed by atoms with E-state index >= 15 is 0 Å². The number of hydrogen-bond acceptors (Lipinski definition) is 2. The van der Waals surface area contributed by atoms with Crippen LogP contribution in [-0.4, -0.2) is 24.2 Å². The van der Waals surface area contributed by atoms with Crippen molar-refractivity contribution < 1.29 is 13.9 Å². The molecule has 0 unspecified atom stereocenters. The van der Waals surface area contributed by atoms with E-state index in [1.54, 1.807) is 24.3 Å². The van der Waals surface area contributed by atoms with Crippen molar-refractivity contribution in [2.45, 2.75) is 12.5 Å². The second kappa shape index (κ2) is 5.39. The average molecular weight is 236 g/mol. The molecule has 1 rings (SSSR count). The van der Waals surface area contributed by atoms with Crippen LogP contribution in [0, 0.1) is 0 Å². The van der Waals surface area contributed by atoms with Crippen LogP contribution < -0.4 is 5.32 Å². The number of aliphatic hydroxyl groups excluding tert-OH is 1. The maximum absolute atomic E-state index is 12.6. The van der Waals surface area contributed by atoms with Crippen LogP contribution in [0.1, 0.15) is 5.56 Å². The van der Waals surface area contributed by atoms with Crippen LogP contribution in [0.15, 0.2) is 24.3 Å². The van der Waals surface area contributed by atoms with Crippen LogP contribution >= 0.6 is 11.6 Å². The lowest BCUT2D eigenvalue weighted by atomic mass is 10.2. The van der Waals surface area contributed by atoms with Crippen molar-refractivity contribution in [2.24, 2.45) is 0 Å². The molecule has 84 valence electrons. The first-order valence-corrected chi connectivity index (χ1v) is 4.85. The number of benzene rings is 1. The van der Waals surface area contributed by atoms with Gasteiger partial charge in [-0.15, -0.1) is 0 Å². The van der Waals surface area contributed by atoms with Gasteiger partial charge in [-0.1, -0.05) is 23.7 Å². The number of hydrogen-bond donors (Lipinski definition) is 2. The van der Waals surface area contributed by atoms with Gasteiger partial charge in [-0.05, 0) is 17.7 Å². The second-order valence-corrected chi connectivity index (χ2v) is 3.68. The molecule has 0 radical (unpaired) electrons. The van der Waals surface area contributed by atoms with Gasteiger partial charge < -0.3 is 10.4 Å². The van der Waals surface area contributed by atoms with E-state index < -0.39 is 19.1 Å². The van der Waals surface area contributed by atoms with Gasteiger partial charge in [0.15, 0.2) is 0 Å². The molecular weight excluding hydrogens is 224 g/mol. The third kappa shape index (κ3) is 4.55. The van der Waals surface area contributed by atoms with E-state index in [0.717, 1.165) is 5.56 Å². The van der Waals surface area contributed by atoms with Crippen molar-refractivity contribution in [2.75, 3.05) is 13.2 Å². The highest BCUT2D eigenvalue weighted by Gasteiger charge is 2.26. The maximum atomic E-state index is 12.6. The lowest BCUT2D eigenvalue weighted by Crippen LogP contribution is -2.35. The summed E-state index contributed by atoms with van der Waals surface area (Å²) in [7, 11) is 0. The summed E-state index contributed by atoms with van der Waals surface area (Å²) in [6.45, 7) is -1.35. The fourth-order valence-corrected chi connectivity index (χ4v) is 1.17. The highest BCUT2D eigenvalue weighted by atomic mass is 35.5. The minimum absolute atomic E-state index is 0.326. The normalized spacial score (nSPS) is 11.7. The molecule has 0 aliphatic heterocycles. The van der Waals surface area contributed by atoms with Crippen LogP contribution in [0.5, 0.6) is 0 Å². The van der Waals surface area contributed by atoms with E-state index in [2.05, 4.69) is 5.32 Å². The Bertz CT molecular complexity index is 303. The number of aliphatic hydroxyl groups is 1. The Morgan fingerprint density at radius 2 is 1.87 bits per heavy atom. The first-order valence-electron chi connectivity index (χ1n) is 4.47. The Labute approximate surface area is 91.9 Å². The van der Waals surface area contributed by atoms with Crippen molar-refractivity contribution >= 4 is 11.6 Å². The van der Waals surface area contributed by atoms with Gasteiger partial charge >= 0.3 is 0 Å². The molecule has 2 nitrogen and oxygen atoms in total. The fourth-order valence-electron chi connectivity index (χ4n) is 1.05. The lowest BCUT2D eigenvalue weighted by molar-refractivity contribution is -0.0477. The summed E-state index contributed by atoms with van der Waals surface area (Å²) in [5.74, 6) is -3.06. The summed E-state index contributed by atoms with van der Waals surface area (Å²) in [6.07, 6.45) is 0. The van der Waals surface area contributed by atoms with Gasteiger partial charge in [0.1, 0.15) is 6.61 Å². The van der Waals surface area contributed by atoms with Gasteiger partial charge in [-0.25, -0.2) is 8.78 Å². The third-order valence-corrected chi connectivity index (χ3v) is 2.11. The summed E-state index contributed by atoms with van der Waals surface area (Å²) >= 11 is 5.67. The van der Waals surface area contributed by atoms with E-state index in [1.807, 2.05) is 0 Å². The fraction of sp³-hybridized carbons (Fsp3) is 0.400. The van der Waals surface area contributed by atoms with Crippen LogP contribution in [0.25, 0.3) is 0 Å². The van der Waals surface area contributed by atoms with Gasteiger partial charge in [-0.3, -0.25) is 0 Å². The van der Waals surface area contributed by atoms with E-state index in [-0.39, 0.29) is 0 Å². The first kappa shape index (κ1) is 12.4. The minimum Gasteiger partial charge on any atom is -0.390 e. The topological polar surface area (TPSA) is 32.3 Å². The maximum Gasteiger partial charge on any atom is 0.282 e. The standard InChI is InChI=1S/C10H12ClF2NO/c11-9-3-1-8(2-4-9)5-14-6-10(12,13)7-15/h1-4,14-15H,5-7H2.